The first-order valence-corrected chi connectivity index (χ1v) is 10.5. The van der Waals surface area contributed by atoms with Gasteiger partial charge in [-0.3, -0.25) is 0 Å². The van der Waals surface area contributed by atoms with Crippen molar-refractivity contribution in [3.05, 3.63) is 64.7 Å². The summed E-state index contributed by atoms with van der Waals surface area (Å²) in [6.07, 6.45) is -7.37. The number of aliphatic hydroxyl groups is 4. The van der Waals surface area contributed by atoms with Crippen molar-refractivity contribution in [2.75, 3.05) is 6.61 Å². The van der Waals surface area contributed by atoms with Crippen molar-refractivity contribution in [2.24, 2.45) is 0 Å². The number of halogens is 3. The number of thiazole rings is 1. The summed E-state index contributed by atoms with van der Waals surface area (Å²) in [5, 5.41) is 40.1. The first-order valence-electron chi connectivity index (χ1n) is 9.67. The summed E-state index contributed by atoms with van der Waals surface area (Å²) in [6, 6.07) is 5.00. The molecule has 0 radical (unpaired) electrons. The summed E-state index contributed by atoms with van der Waals surface area (Å²) in [4.78, 5) is 4.96. The largest absolute Gasteiger partial charge is 0.472 e. The second-order valence-electron chi connectivity index (χ2n) is 7.47. The smallest absolute Gasteiger partial charge is 0.416 e. The molecule has 3 aromatic rings. The molecule has 2 aromatic heterocycles. The van der Waals surface area contributed by atoms with Crippen LogP contribution in [0.1, 0.15) is 27.8 Å². The number of rotatable bonds is 5. The number of furan rings is 1. The molecule has 11 heteroatoms. The number of hydrogen-bond donors (Lipinski definition) is 4. The van der Waals surface area contributed by atoms with E-state index in [0.717, 1.165) is 22.6 Å². The molecular weight excluding hydrogens is 451 g/mol. The fourth-order valence-corrected chi connectivity index (χ4v) is 4.61. The van der Waals surface area contributed by atoms with Crippen molar-refractivity contribution < 1.29 is 42.8 Å². The molecule has 0 bridgehead atoms. The number of benzene rings is 1. The summed E-state index contributed by atoms with van der Waals surface area (Å²) >= 11 is 1.23. The zero-order valence-corrected chi connectivity index (χ0v) is 17.3. The Hall–Kier alpha value is -2.28. The van der Waals surface area contributed by atoms with Crippen LogP contribution in [0.4, 0.5) is 13.2 Å². The summed E-state index contributed by atoms with van der Waals surface area (Å²) in [5.74, 6) is 0. The molecule has 4 rings (SSSR count). The van der Waals surface area contributed by atoms with Crippen LogP contribution < -0.4 is 0 Å². The lowest BCUT2D eigenvalue weighted by Crippen LogP contribution is -2.55. The minimum atomic E-state index is -4.62. The van der Waals surface area contributed by atoms with Crippen molar-refractivity contribution in [2.45, 2.75) is 43.1 Å². The van der Waals surface area contributed by atoms with E-state index in [1.165, 1.54) is 29.9 Å². The van der Waals surface area contributed by atoms with E-state index in [-0.39, 0.29) is 17.5 Å². The van der Waals surface area contributed by atoms with Crippen LogP contribution in [-0.4, -0.2) is 56.4 Å². The van der Waals surface area contributed by atoms with Gasteiger partial charge in [-0.2, -0.15) is 13.2 Å². The highest BCUT2D eigenvalue weighted by molar-refractivity contribution is 7.15. The van der Waals surface area contributed by atoms with Crippen LogP contribution in [0.3, 0.4) is 0 Å². The summed E-state index contributed by atoms with van der Waals surface area (Å²) < 4.78 is 51.4. The molecule has 172 valence electrons. The molecule has 0 aliphatic carbocycles. The zero-order valence-electron chi connectivity index (χ0n) is 16.4. The Morgan fingerprint density at radius 3 is 2.50 bits per heavy atom. The third-order valence-electron chi connectivity index (χ3n) is 5.36. The molecule has 1 aliphatic rings. The van der Waals surface area contributed by atoms with Gasteiger partial charge in [0.15, 0.2) is 0 Å². The maximum Gasteiger partial charge on any atom is 0.416 e. The van der Waals surface area contributed by atoms with Crippen LogP contribution in [0, 0.1) is 0 Å². The lowest BCUT2D eigenvalue weighted by molar-refractivity contribution is -0.231. The highest BCUT2D eigenvalue weighted by Gasteiger charge is 2.44. The van der Waals surface area contributed by atoms with Gasteiger partial charge < -0.3 is 29.6 Å². The van der Waals surface area contributed by atoms with Gasteiger partial charge in [-0.15, -0.1) is 11.3 Å². The highest BCUT2D eigenvalue weighted by atomic mass is 32.1. The SMILES string of the molecule is OC[C@H]1O[C@@H](c2ccc(C(F)(F)F)c(Cc3ncc(-c4ccoc4)s3)c2)[C@H](O)[C@@H](O)[C@@H]1O. The number of ether oxygens (including phenoxy) is 1. The predicted molar refractivity (Wildman–Crippen MR) is 107 cm³/mol. The number of hydrogen-bond acceptors (Lipinski definition) is 8. The quantitative estimate of drug-likeness (QED) is 0.452. The summed E-state index contributed by atoms with van der Waals surface area (Å²) in [5.41, 5.74) is 0.00216. The van der Waals surface area contributed by atoms with Crippen molar-refractivity contribution in [1.82, 2.24) is 4.98 Å². The van der Waals surface area contributed by atoms with Crippen LogP contribution in [0.5, 0.6) is 0 Å². The molecular formula is C21H20F3NO6S. The Morgan fingerprint density at radius 2 is 1.84 bits per heavy atom. The normalized spacial score (nSPS) is 26.4. The summed E-state index contributed by atoms with van der Waals surface area (Å²) in [6.45, 7) is -0.634. The number of aliphatic hydroxyl groups excluding tert-OH is 4. The van der Waals surface area contributed by atoms with Gasteiger partial charge in [0.2, 0.25) is 0 Å². The average Bonchev–Trinajstić information content (AvgIpc) is 3.43. The average molecular weight is 471 g/mol. The Bertz CT molecular complexity index is 1050. The van der Waals surface area contributed by atoms with E-state index in [2.05, 4.69) is 4.98 Å². The number of alkyl halides is 3. The first kappa shape index (κ1) is 22.9. The van der Waals surface area contributed by atoms with Gasteiger partial charge in [0.1, 0.15) is 30.5 Å². The van der Waals surface area contributed by atoms with Crippen LogP contribution in [0.2, 0.25) is 0 Å². The Labute approximate surface area is 184 Å². The third-order valence-corrected chi connectivity index (χ3v) is 6.40. The molecule has 7 nitrogen and oxygen atoms in total. The molecule has 3 heterocycles. The topological polar surface area (TPSA) is 116 Å². The molecule has 1 saturated heterocycles. The third kappa shape index (κ3) is 4.45. The van der Waals surface area contributed by atoms with Gasteiger partial charge in [-0.05, 0) is 23.3 Å². The van der Waals surface area contributed by atoms with Gasteiger partial charge in [0.05, 0.1) is 34.6 Å². The van der Waals surface area contributed by atoms with E-state index >= 15 is 0 Å². The van der Waals surface area contributed by atoms with Crippen LogP contribution in [-0.2, 0) is 17.3 Å². The van der Waals surface area contributed by atoms with Crippen LogP contribution in [0.15, 0.2) is 47.4 Å². The molecule has 1 fully saturated rings. The van der Waals surface area contributed by atoms with Gasteiger partial charge in [-0.25, -0.2) is 4.98 Å². The Morgan fingerprint density at radius 1 is 1.06 bits per heavy atom. The lowest BCUT2D eigenvalue weighted by atomic mass is 9.89. The highest BCUT2D eigenvalue weighted by Crippen LogP contribution is 2.38. The summed E-state index contributed by atoms with van der Waals surface area (Å²) in [7, 11) is 0. The molecule has 0 saturated carbocycles. The fourth-order valence-electron chi connectivity index (χ4n) is 3.68. The second kappa shape index (κ2) is 8.93. The van der Waals surface area contributed by atoms with E-state index in [1.807, 2.05) is 0 Å². The van der Waals surface area contributed by atoms with E-state index in [9.17, 15) is 33.6 Å². The van der Waals surface area contributed by atoms with Crippen LogP contribution >= 0.6 is 11.3 Å². The van der Waals surface area contributed by atoms with Gasteiger partial charge in [0.25, 0.3) is 0 Å². The number of nitrogens with zero attached hydrogens (tertiary/aromatic N) is 1. The molecule has 1 aromatic carbocycles. The van der Waals surface area contributed by atoms with Crippen LogP contribution in [0.25, 0.3) is 10.4 Å². The van der Waals surface area contributed by atoms with Gasteiger partial charge >= 0.3 is 6.18 Å². The standard InChI is InChI=1S/C21H20F3NO6S/c22-21(23,24)13-2-1-10(20-19(29)18(28)17(27)14(8-26)31-20)5-12(13)6-16-25-7-15(32-16)11-3-4-30-9-11/h1-5,7,9,14,17-20,26-29H,6,8H2/t14-,17-,18+,19-,20+/m1/s1. The van der Waals surface area contributed by atoms with Crippen molar-refractivity contribution in [3.63, 3.8) is 0 Å². The molecule has 5 atom stereocenters. The minimum absolute atomic E-state index is 0.0833. The monoisotopic (exact) mass is 471 g/mol. The Balaban J connectivity index is 1.67. The second-order valence-corrected chi connectivity index (χ2v) is 8.59. The Kier molecular flexibility index (Phi) is 6.39. The lowest BCUT2D eigenvalue weighted by Gasteiger charge is -2.40. The maximum atomic E-state index is 13.6. The molecule has 32 heavy (non-hydrogen) atoms. The zero-order chi connectivity index (χ0) is 23.0. The van der Waals surface area contributed by atoms with Crippen molar-refractivity contribution in [3.8, 4) is 10.4 Å². The van der Waals surface area contributed by atoms with Gasteiger partial charge in [-0.1, -0.05) is 12.1 Å². The van der Waals surface area contributed by atoms with Crippen molar-refractivity contribution >= 4 is 11.3 Å². The number of aromatic nitrogens is 1. The first-order chi connectivity index (χ1) is 15.2. The van der Waals surface area contributed by atoms with E-state index in [0.29, 0.717) is 5.01 Å². The van der Waals surface area contributed by atoms with Crippen molar-refractivity contribution in [1.29, 1.82) is 0 Å². The maximum absolute atomic E-state index is 13.6. The molecule has 1 aliphatic heterocycles. The molecule has 0 spiro atoms. The predicted octanol–water partition coefficient (Wildman–Crippen LogP) is 2.53. The van der Waals surface area contributed by atoms with E-state index in [1.54, 1.807) is 12.3 Å². The van der Waals surface area contributed by atoms with Gasteiger partial charge in [0, 0.05) is 18.2 Å². The molecule has 0 amide bonds. The van der Waals surface area contributed by atoms with E-state index in [4.69, 9.17) is 9.15 Å². The van der Waals surface area contributed by atoms with E-state index < -0.39 is 48.9 Å². The molecule has 0 unspecified atom stereocenters. The fraction of sp³-hybridized carbons (Fsp3) is 0.381. The molecule has 4 N–H and O–H groups in total. The minimum Gasteiger partial charge on any atom is -0.472 e.